The van der Waals surface area contributed by atoms with Gasteiger partial charge in [0.2, 0.25) is 0 Å². The van der Waals surface area contributed by atoms with Crippen molar-refractivity contribution in [1.29, 1.82) is 0 Å². The SMILES string of the molecule is C=C(O)c1ccccc1OC(=O)N(CC)CC. The summed E-state index contributed by atoms with van der Waals surface area (Å²) in [4.78, 5) is 13.3. The van der Waals surface area contributed by atoms with Crippen LogP contribution >= 0.6 is 0 Å². The van der Waals surface area contributed by atoms with E-state index in [2.05, 4.69) is 6.58 Å². The van der Waals surface area contributed by atoms with Crippen molar-refractivity contribution in [3.05, 3.63) is 36.4 Å². The highest BCUT2D eigenvalue weighted by Crippen LogP contribution is 2.23. The average molecular weight is 235 g/mol. The van der Waals surface area contributed by atoms with Crippen LogP contribution < -0.4 is 4.74 Å². The number of rotatable bonds is 4. The molecule has 0 saturated carbocycles. The van der Waals surface area contributed by atoms with Gasteiger partial charge in [0.25, 0.3) is 0 Å². The third-order valence-electron chi connectivity index (χ3n) is 2.42. The lowest BCUT2D eigenvalue weighted by Gasteiger charge is -2.18. The minimum atomic E-state index is -0.427. The summed E-state index contributed by atoms with van der Waals surface area (Å²) in [6, 6.07) is 6.74. The van der Waals surface area contributed by atoms with E-state index in [1.165, 1.54) is 0 Å². The van der Waals surface area contributed by atoms with Gasteiger partial charge >= 0.3 is 6.09 Å². The molecule has 0 heterocycles. The fraction of sp³-hybridized carbons (Fsp3) is 0.308. The van der Waals surface area contributed by atoms with E-state index in [0.29, 0.717) is 24.4 Å². The van der Waals surface area contributed by atoms with Gasteiger partial charge < -0.3 is 14.7 Å². The number of benzene rings is 1. The van der Waals surface area contributed by atoms with Crippen molar-refractivity contribution in [3.63, 3.8) is 0 Å². The van der Waals surface area contributed by atoms with Gasteiger partial charge in [-0.05, 0) is 26.0 Å². The van der Waals surface area contributed by atoms with Crippen LogP contribution in [-0.2, 0) is 0 Å². The summed E-state index contributed by atoms with van der Waals surface area (Å²) in [5, 5.41) is 9.37. The van der Waals surface area contributed by atoms with Crippen molar-refractivity contribution in [2.75, 3.05) is 13.1 Å². The fourth-order valence-electron chi connectivity index (χ4n) is 1.43. The average Bonchev–Trinajstić information content (AvgIpc) is 2.31. The highest BCUT2D eigenvalue weighted by Gasteiger charge is 2.14. The largest absolute Gasteiger partial charge is 0.508 e. The van der Waals surface area contributed by atoms with E-state index in [9.17, 15) is 9.90 Å². The fourth-order valence-corrected chi connectivity index (χ4v) is 1.43. The number of para-hydroxylation sites is 1. The van der Waals surface area contributed by atoms with Crippen LogP contribution in [0.2, 0.25) is 0 Å². The number of hydrogen-bond donors (Lipinski definition) is 1. The number of amides is 1. The molecule has 0 atom stereocenters. The Morgan fingerprint density at radius 3 is 2.47 bits per heavy atom. The van der Waals surface area contributed by atoms with Crippen LogP contribution in [0.3, 0.4) is 0 Å². The molecule has 17 heavy (non-hydrogen) atoms. The lowest BCUT2D eigenvalue weighted by Crippen LogP contribution is -2.33. The Balaban J connectivity index is 2.88. The molecular formula is C13H17NO3. The van der Waals surface area contributed by atoms with Crippen LogP contribution in [0.4, 0.5) is 4.79 Å². The second-order valence-corrected chi connectivity index (χ2v) is 3.48. The van der Waals surface area contributed by atoms with Gasteiger partial charge in [0.1, 0.15) is 11.5 Å². The maximum Gasteiger partial charge on any atom is 0.415 e. The Hall–Kier alpha value is -1.97. The number of aliphatic hydroxyl groups excluding tert-OH is 1. The summed E-state index contributed by atoms with van der Waals surface area (Å²) in [6.07, 6.45) is -0.427. The first kappa shape index (κ1) is 13.1. The lowest BCUT2D eigenvalue weighted by molar-refractivity contribution is 0.157. The van der Waals surface area contributed by atoms with Crippen LogP contribution in [0.5, 0.6) is 5.75 Å². The van der Waals surface area contributed by atoms with Crippen LogP contribution in [0.15, 0.2) is 30.8 Å². The number of nitrogens with zero attached hydrogens (tertiary/aromatic N) is 1. The molecule has 0 fully saturated rings. The molecule has 1 rings (SSSR count). The summed E-state index contributed by atoms with van der Waals surface area (Å²) >= 11 is 0. The van der Waals surface area contributed by atoms with Crippen molar-refractivity contribution in [2.24, 2.45) is 0 Å². The number of ether oxygens (including phenoxy) is 1. The number of hydrogen-bond acceptors (Lipinski definition) is 3. The van der Waals surface area contributed by atoms with Crippen molar-refractivity contribution < 1.29 is 14.6 Å². The van der Waals surface area contributed by atoms with Gasteiger partial charge in [-0.25, -0.2) is 4.79 Å². The number of carbonyl (C=O) groups excluding carboxylic acids is 1. The Morgan fingerprint density at radius 2 is 1.94 bits per heavy atom. The van der Waals surface area contributed by atoms with Gasteiger partial charge in [0.15, 0.2) is 0 Å². The standard InChI is InChI=1S/C13H17NO3/c1-4-14(5-2)13(16)17-12-9-7-6-8-11(12)10(3)15/h6-9,15H,3-5H2,1-2H3. The zero-order valence-corrected chi connectivity index (χ0v) is 10.1. The second-order valence-electron chi connectivity index (χ2n) is 3.48. The quantitative estimate of drug-likeness (QED) is 0.816. The molecule has 0 saturated heterocycles. The van der Waals surface area contributed by atoms with Crippen LogP contribution in [0.1, 0.15) is 19.4 Å². The highest BCUT2D eigenvalue weighted by molar-refractivity contribution is 5.73. The maximum atomic E-state index is 11.7. The first-order valence-electron chi connectivity index (χ1n) is 5.54. The van der Waals surface area contributed by atoms with E-state index >= 15 is 0 Å². The van der Waals surface area contributed by atoms with E-state index < -0.39 is 6.09 Å². The molecular weight excluding hydrogens is 218 g/mol. The summed E-state index contributed by atoms with van der Waals surface area (Å²) < 4.78 is 5.22. The van der Waals surface area contributed by atoms with Crippen molar-refractivity contribution in [3.8, 4) is 5.75 Å². The van der Waals surface area contributed by atoms with E-state index in [1.807, 2.05) is 13.8 Å². The second kappa shape index (κ2) is 5.94. The predicted octanol–water partition coefficient (Wildman–Crippen LogP) is 3.06. The summed E-state index contributed by atoms with van der Waals surface area (Å²) in [5.41, 5.74) is 0.424. The molecule has 0 aliphatic carbocycles. The van der Waals surface area contributed by atoms with Gasteiger partial charge in [-0.1, -0.05) is 18.7 Å². The van der Waals surface area contributed by atoms with Gasteiger partial charge in [-0.2, -0.15) is 0 Å². The van der Waals surface area contributed by atoms with E-state index in [4.69, 9.17) is 4.74 Å². The Labute approximate surface area is 101 Å². The topological polar surface area (TPSA) is 49.8 Å². The summed E-state index contributed by atoms with van der Waals surface area (Å²) in [6.45, 7) is 8.34. The Morgan fingerprint density at radius 1 is 1.35 bits per heavy atom. The summed E-state index contributed by atoms with van der Waals surface area (Å²) in [7, 11) is 0. The Kier molecular flexibility index (Phi) is 4.57. The minimum absolute atomic E-state index is 0.118. The monoisotopic (exact) mass is 235 g/mol. The third-order valence-corrected chi connectivity index (χ3v) is 2.42. The smallest absolute Gasteiger partial charge is 0.415 e. The molecule has 0 aliphatic rings. The predicted molar refractivity (Wildman–Crippen MR) is 67.0 cm³/mol. The number of aliphatic hydroxyl groups is 1. The zero-order valence-electron chi connectivity index (χ0n) is 10.1. The summed E-state index contributed by atoms with van der Waals surface area (Å²) in [5.74, 6) is 0.199. The molecule has 0 aromatic heterocycles. The molecule has 1 amide bonds. The van der Waals surface area contributed by atoms with Crippen LogP contribution in [-0.4, -0.2) is 29.2 Å². The molecule has 1 aromatic carbocycles. The van der Waals surface area contributed by atoms with Crippen LogP contribution in [0, 0.1) is 0 Å². The van der Waals surface area contributed by atoms with Crippen molar-refractivity contribution >= 4 is 11.9 Å². The normalized spacial score (nSPS) is 9.76. The minimum Gasteiger partial charge on any atom is -0.508 e. The van der Waals surface area contributed by atoms with Gasteiger partial charge in [0.05, 0.1) is 5.56 Å². The molecule has 0 aliphatic heterocycles. The molecule has 4 nitrogen and oxygen atoms in total. The van der Waals surface area contributed by atoms with Gasteiger partial charge in [0, 0.05) is 13.1 Å². The molecule has 92 valence electrons. The molecule has 0 spiro atoms. The van der Waals surface area contributed by atoms with Gasteiger partial charge in [-0.15, -0.1) is 0 Å². The highest BCUT2D eigenvalue weighted by atomic mass is 16.6. The maximum absolute atomic E-state index is 11.7. The van der Waals surface area contributed by atoms with E-state index in [0.717, 1.165) is 0 Å². The first-order chi connectivity index (χ1) is 8.10. The van der Waals surface area contributed by atoms with E-state index in [-0.39, 0.29) is 5.76 Å². The Bertz CT molecular complexity index is 411. The van der Waals surface area contributed by atoms with Crippen LogP contribution in [0.25, 0.3) is 5.76 Å². The molecule has 0 unspecified atom stereocenters. The van der Waals surface area contributed by atoms with Crippen molar-refractivity contribution in [2.45, 2.75) is 13.8 Å². The third kappa shape index (κ3) is 3.24. The molecule has 0 radical (unpaired) electrons. The lowest BCUT2D eigenvalue weighted by atomic mass is 10.2. The molecule has 1 N–H and O–H groups in total. The molecule has 1 aromatic rings. The van der Waals surface area contributed by atoms with Gasteiger partial charge in [-0.3, -0.25) is 0 Å². The number of carbonyl (C=O) groups is 1. The molecule has 4 heteroatoms. The van der Waals surface area contributed by atoms with Crippen molar-refractivity contribution in [1.82, 2.24) is 4.90 Å². The zero-order chi connectivity index (χ0) is 12.8. The van der Waals surface area contributed by atoms with E-state index in [1.54, 1.807) is 29.2 Å². The first-order valence-corrected chi connectivity index (χ1v) is 5.54. The molecule has 0 bridgehead atoms.